The number of hydrogen-bond acceptors (Lipinski definition) is 17. The first-order valence-electron chi connectivity index (χ1n) is 19.8. The summed E-state index contributed by atoms with van der Waals surface area (Å²) >= 11 is 1.42. The Morgan fingerprint density at radius 2 is 0.892 bits per heavy atom. The van der Waals surface area contributed by atoms with Crippen molar-refractivity contribution in [3.63, 3.8) is 0 Å². The number of carbonyl (C=O) groups is 2. The van der Waals surface area contributed by atoms with Gasteiger partial charge in [0.1, 0.15) is 46.1 Å². The van der Waals surface area contributed by atoms with Crippen LogP contribution in [0.25, 0.3) is 12.2 Å². The first kappa shape index (κ1) is 45.0. The summed E-state index contributed by atoms with van der Waals surface area (Å²) in [6.45, 7) is 1.09. The molecular formula is C46H44N8O10S. The molecule has 0 saturated heterocycles. The van der Waals surface area contributed by atoms with E-state index in [1.165, 1.54) is 66.1 Å². The molecule has 334 valence electrons. The minimum Gasteiger partial charge on any atom is -0.493 e. The van der Waals surface area contributed by atoms with Gasteiger partial charge in [-0.15, -0.1) is 20.4 Å². The summed E-state index contributed by atoms with van der Waals surface area (Å²) in [5.41, 5.74) is 3.66. The van der Waals surface area contributed by atoms with E-state index in [-0.39, 0.29) is 24.8 Å². The second kappa shape index (κ2) is 21.3. The normalized spacial score (nSPS) is 11.2. The molecule has 0 saturated carbocycles. The van der Waals surface area contributed by atoms with Gasteiger partial charge in [-0.3, -0.25) is 9.59 Å². The predicted octanol–water partition coefficient (Wildman–Crippen LogP) is 6.82. The van der Waals surface area contributed by atoms with E-state index in [1.807, 2.05) is 0 Å². The molecule has 19 heteroatoms. The van der Waals surface area contributed by atoms with Crippen LogP contribution in [0.2, 0.25) is 0 Å². The summed E-state index contributed by atoms with van der Waals surface area (Å²) in [6.07, 6.45) is 9.89. The molecule has 3 aromatic heterocycles. The van der Waals surface area contributed by atoms with Crippen LogP contribution in [-0.4, -0.2) is 94.4 Å². The Bertz CT molecular complexity index is 2560. The standard InChI is InChI=1S/C46H44N8O10S/c1-57-39-19-29(20-40(58-2)45(39)61-5)7-17-37(55)31-9-13-35(14-10-31)63-27-33-23-53(51-47-33)25-43-49-50-44(65-43)26-54-24-34(48-52-54)28-64-36-15-11-32(12-16-36)38(56)18-8-30-21-41(59-3)46(62-6)42(22-30)60-4/h7-24H,25-28H2,1-6H3/b17-7+,18-8+. The number of nitrogens with zero attached hydrogens (tertiary/aromatic N) is 8. The van der Waals surface area contributed by atoms with E-state index < -0.39 is 0 Å². The molecule has 0 aliphatic rings. The van der Waals surface area contributed by atoms with Crippen LogP contribution in [-0.2, 0) is 26.3 Å². The van der Waals surface area contributed by atoms with Crippen LogP contribution in [0.5, 0.6) is 46.0 Å². The molecule has 0 atom stereocenters. The molecule has 0 unspecified atom stereocenters. The van der Waals surface area contributed by atoms with Crippen LogP contribution in [0, 0.1) is 0 Å². The largest absolute Gasteiger partial charge is 0.493 e. The van der Waals surface area contributed by atoms with E-state index in [0.717, 1.165) is 21.1 Å². The molecule has 0 bridgehead atoms. The fourth-order valence-electron chi connectivity index (χ4n) is 6.33. The van der Waals surface area contributed by atoms with Crippen molar-refractivity contribution >= 4 is 35.1 Å². The fraction of sp³-hybridized carbons (Fsp3) is 0.217. The van der Waals surface area contributed by atoms with Crippen LogP contribution in [0.1, 0.15) is 53.2 Å². The Balaban J connectivity index is 0.843. The molecule has 0 aliphatic heterocycles. The van der Waals surface area contributed by atoms with Gasteiger partial charge in [-0.25, -0.2) is 9.36 Å². The zero-order chi connectivity index (χ0) is 45.7. The van der Waals surface area contributed by atoms with Crippen molar-refractivity contribution in [1.82, 2.24) is 40.2 Å². The molecule has 65 heavy (non-hydrogen) atoms. The number of ketones is 2. The molecule has 0 N–H and O–H groups in total. The van der Waals surface area contributed by atoms with Crippen LogP contribution in [0.15, 0.2) is 97.3 Å². The first-order chi connectivity index (χ1) is 31.7. The number of rotatable bonds is 22. The van der Waals surface area contributed by atoms with Gasteiger partial charge < -0.3 is 37.9 Å². The van der Waals surface area contributed by atoms with Gasteiger partial charge in [-0.2, -0.15) is 0 Å². The summed E-state index contributed by atoms with van der Waals surface area (Å²) < 4.78 is 47.4. The highest BCUT2D eigenvalue weighted by Gasteiger charge is 2.15. The maximum atomic E-state index is 12.9. The third-order valence-electron chi connectivity index (χ3n) is 9.55. The van der Waals surface area contributed by atoms with Gasteiger partial charge in [-0.05, 0) is 96.1 Å². The second-order valence-corrected chi connectivity index (χ2v) is 15.0. The lowest BCUT2D eigenvalue weighted by atomic mass is 10.1. The molecular weight excluding hydrogens is 857 g/mol. The van der Waals surface area contributed by atoms with E-state index in [1.54, 1.807) is 107 Å². The zero-order valence-electron chi connectivity index (χ0n) is 36.3. The van der Waals surface area contributed by atoms with Gasteiger partial charge in [0, 0.05) is 11.1 Å². The number of allylic oxidation sites excluding steroid dienone is 2. The number of hydrogen-bond donors (Lipinski definition) is 0. The highest BCUT2D eigenvalue weighted by atomic mass is 32.1. The van der Waals surface area contributed by atoms with Gasteiger partial charge in [0.2, 0.25) is 11.5 Å². The first-order valence-corrected chi connectivity index (χ1v) is 20.6. The highest BCUT2D eigenvalue weighted by molar-refractivity contribution is 7.11. The molecule has 0 fully saturated rings. The summed E-state index contributed by atoms with van der Waals surface area (Å²) in [7, 11) is 9.21. The smallest absolute Gasteiger partial charge is 0.203 e. The summed E-state index contributed by atoms with van der Waals surface area (Å²) in [5, 5.41) is 26.9. The minimum absolute atomic E-state index is 0.176. The molecule has 0 amide bonds. The Morgan fingerprint density at radius 1 is 0.523 bits per heavy atom. The third-order valence-corrected chi connectivity index (χ3v) is 10.4. The van der Waals surface area contributed by atoms with Crippen LogP contribution < -0.4 is 37.9 Å². The molecule has 0 spiro atoms. The van der Waals surface area contributed by atoms with Crippen LogP contribution in [0.4, 0.5) is 0 Å². The van der Waals surface area contributed by atoms with Gasteiger partial charge in [0.05, 0.1) is 68.1 Å². The molecule has 0 aliphatic carbocycles. The number of methoxy groups -OCH3 is 6. The lowest BCUT2D eigenvalue weighted by Gasteiger charge is -2.12. The lowest BCUT2D eigenvalue weighted by molar-refractivity contribution is 0.103. The van der Waals surface area contributed by atoms with Crippen molar-refractivity contribution in [1.29, 1.82) is 0 Å². The molecule has 7 aromatic rings. The van der Waals surface area contributed by atoms with Crippen molar-refractivity contribution in [2.75, 3.05) is 42.7 Å². The van der Waals surface area contributed by atoms with Crippen molar-refractivity contribution in [2.45, 2.75) is 26.3 Å². The number of ether oxygens (including phenoxy) is 8. The summed E-state index contributed by atoms with van der Waals surface area (Å²) in [5.74, 6) is 3.71. The van der Waals surface area contributed by atoms with Crippen LogP contribution in [0.3, 0.4) is 0 Å². The quantitative estimate of drug-likeness (QED) is 0.0507. The van der Waals surface area contributed by atoms with E-state index in [9.17, 15) is 9.59 Å². The van der Waals surface area contributed by atoms with E-state index in [2.05, 4.69) is 30.8 Å². The van der Waals surface area contributed by atoms with E-state index in [0.29, 0.717) is 81.6 Å². The number of aromatic nitrogens is 8. The van der Waals surface area contributed by atoms with Gasteiger partial charge in [0.15, 0.2) is 34.6 Å². The SMILES string of the molecule is COc1cc(/C=C/C(=O)c2ccc(OCc3cn(Cc4nnc(Cn5cc(COc6ccc(C(=O)/C=C/c7cc(OC)c(OC)c(OC)c7)cc6)nn5)s4)nn3)cc2)cc(OC)c1OC. The zero-order valence-corrected chi connectivity index (χ0v) is 37.1. The Labute approximate surface area is 377 Å². The number of carbonyl (C=O) groups excluding carboxylic acids is 2. The molecule has 7 rings (SSSR count). The van der Waals surface area contributed by atoms with E-state index >= 15 is 0 Å². The minimum atomic E-state index is -0.180. The molecule has 0 radical (unpaired) electrons. The molecule has 3 heterocycles. The Hall–Kier alpha value is -8.06. The second-order valence-electron chi connectivity index (χ2n) is 13.8. The average molecular weight is 901 g/mol. The van der Waals surface area contributed by atoms with Crippen molar-refractivity contribution < 1.29 is 47.5 Å². The van der Waals surface area contributed by atoms with E-state index in [4.69, 9.17) is 37.9 Å². The topological polar surface area (TPSA) is 195 Å². The lowest BCUT2D eigenvalue weighted by Crippen LogP contribution is -2.00. The van der Waals surface area contributed by atoms with Crippen molar-refractivity contribution in [2.24, 2.45) is 0 Å². The summed E-state index contributed by atoms with van der Waals surface area (Å²) in [4.78, 5) is 25.8. The van der Waals surface area contributed by atoms with Crippen LogP contribution >= 0.6 is 11.3 Å². The van der Waals surface area contributed by atoms with Gasteiger partial charge in [-0.1, -0.05) is 33.9 Å². The fourth-order valence-corrected chi connectivity index (χ4v) is 7.16. The van der Waals surface area contributed by atoms with Gasteiger partial charge in [0.25, 0.3) is 0 Å². The molecule has 18 nitrogen and oxygen atoms in total. The van der Waals surface area contributed by atoms with Crippen molar-refractivity contribution in [3.8, 4) is 46.0 Å². The average Bonchev–Trinajstić information content (AvgIpc) is 4.12. The Morgan fingerprint density at radius 3 is 1.23 bits per heavy atom. The van der Waals surface area contributed by atoms with Crippen molar-refractivity contribution in [3.05, 3.63) is 141 Å². The molecule has 4 aromatic carbocycles. The maximum absolute atomic E-state index is 12.9. The highest BCUT2D eigenvalue weighted by Crippen LogP contribution is 2.39. The maximum Gasteiger partial charge on any atom is 0.203 e. The summed E-state index contributed by atoms with van der Waals surface area (Å²) in [6, 6.07) is 20.7. The number of benzene rings is 4. The van der Waals surface area contributed by atoms with Gasteiger partial charge >= 0.3 is 0 Å². The monoisotopic (exact) mass is 900 g/mol. The Kier molecular flexibility index (Phi) is 14.8. The third kappa shape index (κ3) is 11.5. The predicted molar refractivity (Wildman–Crippen MR) is 239 cm³/mol.